The van der Waals surface area contributed by atoms with Crippen molar-refractivity contribution in [3.63, 3.8) is 0 Å². The topological polar surface area (TPSA) is 98.4 Å². The van der Waals surface area contributed by atoms with Crippen molar-refractivity contribution in [2.45, 2.75) is 31.7 Å². The van der Waals surface area contributed by atoms with Crippen LogP contribution in [0.3, 0.4) is 0 Å². The molecular formula is C19H27N5O3S2. The fraction of sp³-hybridized carbons (Fsp3) is 0.579. The number of hydrogen-bond donors (Lipinski definition) is 2. The molecule has 0 unspecified atom stereocenters. The lowest BCUT2D eigenvalue weighted by Crippen LogP contribution is -2.48. The molecule has 0 aromatic carbocycles. The van der Waals surface area contributed by atoms with Crippen molar-refractivity contribution in [1.82, 2.24) is 19.8 Å². The second-order valence-electron chi connectivity index (χ2n) is 7.82. The third kappa shape index (κ3) is 4.81. The van der Waals surface area contributed by atoms with Crippen LogP contribution in [0.15, 0.2) is 23.6 Å². The molecule has 0 atom stereocenters. The number of piperidine rings is 2. The molecule has 10 heteroatoms. The Hall–Kier alpha value is -1.91. The van der Waals surface area contributed by atoms with E-state index in [0.29, 0.717) is 25.9 Å². The van der Waals surface area contributed by atoms with Gasteiger partial charge in [-0.25, -0.2) is 12.7 Å². The molecule has 0 bridgehead atoms. The molecule has 2 N–H and O–H groups in total. The second-order valence-corrected chi connectivity index (χ2v) is 10.8. The number of carbonyl (C=O) groups excluding carboxylic acids is 1. The van der Waals surface area contributed by atoms with E-state index in [1.807, 2.05) is 6.07 Å². The van der Waals surface area contributed by atoms with E-state index < -0.39 is 10.0 Å². The smallest absolute Gasteiger partial charge is 0.223 e. The first-order valence-corrected chi connectivity index (χ1v) is 12.7. The largest absolute Gasteiger partial charge is 0.355 e. The van der Waals surface area contributed by atoms with E-state index in [1.54, 1.807) is 11.3 Å². The Kier molecular flexibility index (Phi) is 5.93. The monoisotopic (exact) mass is 437 g/mol. The Morgan fingerprint density at radius 3 is 2.55 bits per heavy atom. The van der Waals surface area contributed by atoms with Crippen LogP contribution in [0.25, 0.3) is 10.6 Å². The van der Waals surface area contributed by atoms with Crippen LogP contribution in [0.2, 0.25) is 0 Å². The first kappa shape index (κ1) is 20.4. The normalized spacial score (nSPS) is 20.1. The summed E-state index contributed by atoms with van der Waals surface area (Å²) in [6.45, 7) is 2.57. The number of nitrogens with one attached hydrogen (secondary N) is 2. The van der Waals surface area contributed by atoms with Crippen LogP contribution in [0, 0.1) is 5.92 Å². The zero-order valence-corrected chi connectivity index (χ0v) is 18.1. The average Bonchev–Trinajstić information content (AvgIpc) is 3.40. The van der Waals surface area contributed by atoms with Crippen LogP contribution >= 0.6 is 11.3 Å². The number of carbonyl (C=O) groups is 1. The molecule has 29 heavy (non-hydrogen) atoms. The number of hydrogen-bond acceptors (Lipinski definition) is 6. The highest BCUT2D eigenvalue weighted by Crippen LogP contribution is 2.27. The quantitative estimate of drug-likeness (QED) is 0.744. The number of aromatic nitrogens is 2. The van der Waals surface area contributed by atoms with Gasteiger partial charge in [-0.3, -0.25) is 9.89 Å². The molecule has 2 aliphatic heterocycles. The number of thiophene rings is 1. The van der Waals surface area contributed by atoms with Gasteiger partial charge in [0.1, 0.15) is 0 Å². The van der Waals surface area contributed by atoms with Gasteiger partial charge in [0.25, 0.3) is 0 Å². The summed E-state index contributed by atoms with van der Waals surface area (Å²) in [5.41, 5.74) is 1.03. The number of rotatable bonds is 5. The molecule has 2 fully saturated rings. The summed E-state index contributed by atoms with van der Waals surface area (Å²) in [7, 11) is -3.16. The molecule has 0 aliphatic carbocycles. The zero-order valence-electron chi connectivity index (χ0n) is 16.5. The number of nitrogens with zero attached hydrogens (tertiary/aromatic N) is 3. The minimum absolute atomic E-state index is 0.0661. The maximum absolute atomic E-state index is 12.6. The molecule has 2 saturated heterocycles. The first-order chi connectivity index (χ1) is 13.9. The predicted octanol–water partition coefficient (Wildman–Crippen LogP) is 1.89. The molecule has 8 nitrogen and oxygen atoms in total. The minimum atomic E-state index is -3.16. The average molecular weight is 438 g/mol. The molecule has 2 aromatic heterocycles. The Balaban J connectivity index is 1.25. The van der Waals surface area contributed by atoms with Crippen LogP contribution in [0.1, 0.15) is 25.7 Å². The lowest BCUT2D eigenvalue weighted by molar-refractivity contribution is -0.127. The highest BCUT2D eigenvalue weighted by atomic mass is 32.2. The first-order valence-electron chi connectivity index (χ1n) is 10.00. The van der Waals surface area contributed by atoms with E-state index in [4.69, 9.17) is 0 Å². The number of amides is 1. The van der Waals surface area contributed by atoms with Crippen LogP contribution < -0.4 is 10.2 Å². The van der Waals surface area contributed by atoms with Crippen molar-refractivity contribution in [2.24, 2.45) is 5.92 Å². The third-order valence-corrected chi connectivity index (χ3v) is 8.02. The van der Waals surface area contributed by atoms with Gasteiger partial charge in [-0.15, -0.1) is 11.3 Å². The van der Waals surface area contributed by atoms with E-state index >= 15 is 0 Å². The van der Waals surface area contributed by atoms with E-state index in [1.165, 1.54) is 15.4 Å². The SMILES string of the molecule is CS(=O)(=O)N1CCC(C(=O)NC2CCN(c3cc(-c4cccs4)[nH]n3)CC2)CC1. The van der Waals surface area contributed by atoms with Crippen molar-refractivity contribution in [2.75, 3.05) is 37.3 Å². The summed E-state index contributed by atoms with van der Waals surface area (Å²) >= 11 is 1.68. The standard InChI is InChI=1S/C19H27N5O3S2/c1-29(26,27)24-10-4-14(5-11-24)19(25)20-15-6-8-23(9-7-15)18-13-16(21-22-18)17-3-2-12-28-17/h2-3,12-15H,4-11H2,1H3,(H,20,25)(H,21,22). The summed E-state index contributed by atoms with van der Waals surface area (Å²) < 4.78 is 24.7. The fourth-order valence-electron chi connectivity index (χ4n) is 4.05. The minimum Gasteiger partial charge on any atom is -0.355 e. The van der Waals surface area contributed by atoms with Gasteiger partial charge < -0.3 is 10.2 Å². The molecule has 158 valence electrons. The zero-order chi connectivity index (χ0) is 20.4. The van der Waals surface area contributed by atoms with Crippen molar-refractivity contribution in [3.8, 4) is 10.6 Å². The van der Waals surface area contributed by atoms with Gasteiger partial charge in [-0.1, -0.05) is 6.07 Å². The van der Waals surface area contributed by atoms with Crippen molar-refractivity contribution in [3.05, 3.63) is 23.6 Å². The molecule has 2 aliphatic rings. The maximum atomic E-state index is 12.6. The summed E-state index contributed by atoms with van der Waals surface area (Å²) in [5.74, 6) is 0.924. The molecule has 4 rings (SSSR count). The Morgan fingerprint density at radius 1 is 1.21 bits per heavy atom. The van der Waals surface area contributed by atoms with Gasteiger partial charge in [0.05, 0.1) is 16.8 Å². The van der Waals surface area contributed by atoms with Gasteiger partial charge in [0.2, 0.25) is 15.9 Å². The highest BCUT2D eigenvalue weighted by Gasteiger charge is 2.30. The molecule has 2 aromatic rings. The van der Waals surface area contributed by atoms with Crippen LogP contribution in [0.4, 0.5) is 5.82 Å². The van der Waals surface area contributed by atoms with E-state index in [-0.39, 0.29) is 17.9 Å². The Labute approximate surface area is 175 Å². The Morgan fingerprint density at radius 2 is 1.93 bits per heavy atom. The van der Waals surface area contributed by atoms with Crippen LogP contribution in [-0.4, -0.2) is 67.3 Å². The molecular weight excluding hydrogens is 410 g/mol. The van der Waals surface area contributed by atoms with Crippen LogP contribution in [0.5, 0.6) is 0 Å². The number of aromatic amines is 1. The molecule has 0 radical (unpaired) electrons. The molecule has 0 spiro atoms. The number of sulfonamides is 1. The van der Waals surface area contributed by atoms with Crippen molar-refractivity contribution in [1.29, 1.82) is 0 Å². The van der Waals surface area contributed by atoms with E-state index in [0.717, 1.165) is 37.4 Å². The van der Waals surface area contributed by atoms with Gasteiger partial charge in [0.15, 0.2) is 5.82 Å². The lowest BCUT2D eigenvalue weighted by atomic mass is 9.96. The van der Waals surface area contributed by atoms with Gasteiger partial charge in [0, 0.05) is 44.2 Å². The molecule has 4 heterocycles. The molecule has 1 amide bonds. The number of H-pyrrole nitrogens is 1. The van der Waals surface area contributed by atoms with Crippen LogP contribution in [-0.2, 0) is 14.8 Å². The summed E-state index contributed by atoms with van der Waals surface area (Å²) in [6.07, 6.45) is 4.18. The van der Waals surface area contributed by atoms with Gasteiger partial charge >= 0.3 is 0 Å². The van der Waals surface area contributed by atoms with Crippen molar-refractivity contribution >= 4 is 33.1 Å². The lowest BCUT2D eigenvalue weighted by Gasteiger charge is -2.34. The number of anilines is 1. The highest BCUT2D eigenvalue weighted by molar-refractivity contribution is 7.88. The molecule has 0 saturated carbocycles. The fourth-order valence-corrected chi connectivity index (χ4v) is 5.62. The van der Waals surface area contributed by atoms with Gasteiger partial charge in [-0.2, -0.15) is 5.10 Å². The Bertz CT molecular complexity index is 925. The summed E-state index contributed by atoms with van der Waals surface area (Å²) in [6, 6.07) is 6.35. The van der Waals surface area contributed by atoms with E-state index in [2.05, 4.69) is 37.9 Å². The van der Waals surface area contributed by atoms with Gasteiger partial charge in [-0.05, 0) is 37.1 Å². The predicted molar refractivity (Wildman–Crippen MR) is 114 cm³/mol. The van der Waals surface area contributed by atoms with E-state index in [9.17, 15) is 13.2 Å². The summed E-state index contributed by atoms with van der Waals surface area (Å²) in [5, 5.41) is 12.8. The van der Waals surface area contributed by atoms with Crippen molar-refractivity contribution < 1.29 is 13.2 Å². The second kappa shape index (κ2) is 8.45. The summed E-state index contributed by atoms with van der Waals surface area (Å²) in [4.78, 5) is 16.0. The third-order valence-electron chi connectivity index (χ3n) is 5.81. The maximum Gasteiger partial charge on any atom is 0.223 e.